The van der Waals surface area contributed by atoms with E-state index in [1.54, 1.807) is 13.0 Å². The van der Waals surface area contributed by atoms with Crippen molar-refractivity contribution < 1.29 is 23.4 Å². The van der Waals surface area contributed by atoms with E-state index in [0.717, 1.165) is 17.4 Å². The van der Waals surface area contributed by atoms with Crippen molar-refractivity contribution in [3.63, 3.8) is 0 Å². The summed E-state index contributed by atoms with van der Waals surface area (Å²) < 4.78 is 34.5. The highest BCUT2D eigenvalue weighted by atomic mass is 35.5. The number of nitrogens with one attached hydrogen (secondary N) is 1. The van der Waals surface area contributed by atoms with Crippen LogP contribution in [0.2, 0.25) is 4.34 Å². The first-order valence-electron chi connectivity index (χ1n) is 8.85. The largest absolute Gasteiger partial charge is 0.465 e. The lowest BCUT2D eigenvalue weighted by molar-refractivity contribution is -0.0206. The van der Waals surface area contributed by atoms with Gasteiger partial charge in [-0.2, -0.15) is 5.10 Å². The number of thiophene rings is 1. The molecule has 2 heterocycles. The van der Waals surface area contributed by atoms with Gasteiger partial charge >= 0.3 is 5.97 Å². The zero-order valence-corrected chi connectivity index (χ0v) is 17.7. The van der Waals surface area contributed by atoms with Crippen molar-refractivity contribution in [2.75, 3.05) is 7.11 Å². The molecule has 160 valence electrons. The number of hydrogen-bond acceptors (Lipinski definition) is 7. The van der Waals surface area contributed by atoms with Gasteiger partial charge in [-0.3, -0.25) is 0 Å². The lowest BCUT2D eigenvalue weighted by atomic mass is 9.86. The third-order valence-corrected chi connectivity index (χ3v) is 6.02. The SMILES string of the molecule is COC(=O)c1sc(Cl)cc1CN[C@H](C)[C@](O)(Cn1cncn1)c1ccc(F)cc1F. The number of benzene rings is 1. The van der Waals surface area contributed by atoms with Crippen molar-refractivity contribution in [3.05, 3.63) is 68.9 Å². The van der Waals surface area contributed by atoms with Crippen molar-refractivity contribution in [1.29, 1.82) is 0 Å². The fraction of sp³-hybridized carbons (Fsp3) is 0.316. The van der Waals surface area contributed by atoms with E-state index in [0.29, 0.717) is 20.8 Å². The van der Waals surface area contributed by atoms with E-state index < -0.39 is 29.2 Å². The first kappa shape index (κ1) is 22.3. The molecule has 0 spiro atoms. The van der Waals surface area contributed by atoms with Crippen molar-refractivity contribution in [3.8, 4) is 0 Å². The monoisotopic (exact) mass is 456 g/mol. The number of methoxy groups -OCH3 is 1. The minimum atomic E-state index is -1.81. The molecule has 0 saturated heterocycles. The smallest absolute Gasteiger partial charge is 0.348 e. The van der Waals surface area contributed by atoms with Crippen LogP contribution in [0.15, 0.2) is 36.9 Å². The minimum absolute atomic E-state index is 0.101. The maximum Gasteiger partial charge on any atom is 0.348 e. The summed E-state index contributed by atoms with van der Waals surface area (Å²) in [5.41, 5.74) is -1.33. The summed E-state index contributed by atoms with van der Waals surface area (Å²) in [6.45, 7) is 1.65. The first-order chi connectivity index (χ1) is 14.2. The number of rotatable bonds is 8. The van der Waals surface area contributed by atoms with E-state index in [-0.39, 0.29) is 18.7 Å². The van der Waals surface area contributed by atoms with Gasteiger partial charge in [0.1, 0.15) is 34.8 Å². The average molecular weight is 457 g/mol. The summed E-state index contributed by atoms with van der Waals surface area (Å²) in [6, 6.07) is 3.85. The fourth-order valence-electron chi connectivity index (χ4n) is 3.08. The van der Waals surface area contributed by atoms with E-state index in [2.05, 4.69) is 15.4 Å². The van der Waals surface area contributed by atoms with Gasteiger partial charge < -0.3 is 15.2 Å². The second kappa shape index (κ2) is 9.17. The molecule has 0 fully saturated rings. The van der Waals surface area contributed by atoms with Crippen molar-refractivity contribution in [2.24, 2.45) is 0 Å². The van der Waals surface area contributed by atoms with Crippen molar-refractivity contribution >= 4 is 28.9 Å². The van der Waals surface area contributed by atoms with Crippen LogP contribution < -0.4 is 5.32 Å². The van der Waals surface area contributed by atoms with Gasteiger partial charge in [0, 0.05) is 24.2 Å². The Labute approximate surface area is 180 Å². The Morgan fingerprint density at radius 2 is 2.20 bits per heavy atom. The number of carbonyl (C=O) groups is 1. The molecule has 30 heavy (non-hydrogen) atoms. The molecule has 2 aromatic heterocycles. The summed E-state index contributed by atoms with van der Waals surface area (Å²) in [5, 5.41) is 18.5. The maximum atomic E-state index is 14.6. The predicted octanol–water partition coefficient (Wildman–Crippen LogP) is 3.12. The van der Waals surface area contributed by atoms with E-state index in [1.165, 1.54) is 30.5 Å². The van der Waals surface area contributed by atoms with Crippen LogP contribution in [0.1, 0.15) is 27.7 Å². The summed E-state index contributed by atoms with van der Waals surface area (Å²) in [6.07, 6.45) is 2.67. The zero-order valence-electron chi connectivity index (χ0n) is 16.1. The van der Waals surface area contributed by atoms with E-state index in [9.17, 15) is 18.7 Å². The van der Waals surface area contributed by atoms with Crippen LogP contribution in [0.3, 0.4) is 0 Å². The van der Waals surface area contributed by atoms with Gasteiger partial charge in [-0.25, -0.2) is 23.2 Å². The molecule has 2 N–H and O–H groups in total. The first-order valence-corrected chi connectivity index (χ1v) is 10.0. The van der Waals surface area contributed by atoms with Crippen LogP contribution in [-0.4, -0.2) is 39.0 Å². The predicted molar refractivity (Wildman–Crippen MR) is 107 cm³/mol. The van der Waals surface area contributed by atoms with Crippen LogP contribution in [0, 0.1) is 11.6 Å². The molecule has 0 unspecified atom stereocenters. The fourth-order valence-corrected chi connectivity index (χ4v) is 4.27. The van der Waals surface area contributed by atoms with Gasteiger partial charge in [-0.15, -0.1) is 11.3 Å². The number of hydrogen-bond donors (Lipinski definition) is 2. The molecule has 7 nitrogen and oxygen atoms in total. The molecule has 0 aliphatic heterocycles. The quantitative estimate of drug-likeness (QED) is 0.506. The Morgan fingerprint density at radius 1 is 1.43 bits per heavy atom. The topological polar surface area (TPSA) is 89.3 Å². The number of ether oxygens (including phenoxy) is 1. The van der Waals surface area contributed by atoms with E-state index >= 15 is 0 Å². The molecule has 2 atom stereocenters. The Balaban J connectivity index is 1.89. The summed E-state index contributed by atoms with van der Waals surface area (Å²) >= 11 is 7.10. The molecule has 0 bridgehead atoms. The molecule has 0 aliphatic carbocycles. The molecule has 1 aromatic carbocycles. The molecule has 11 heteroatoms. The number of aliphatic hydroxyl groups is 1. The number of carbonyl (C=O) groups excluding carboxylic acids is 1. The second-order valence-electron chi connectivity index (χ2n) is 6.64. The lowest BCUT2D eigenvalue weighted by Crippen LogP contribution is -2.50. The average Bonchev–Trinajstić information content (AvgIpc) is 3.34. The van der Waals surface area contributed by atoms with Crippen LogP contribution >= 0.6 is 22.9 Å². The highest BCUT2D eigenvalue weighted by Crippen LogP contribution is 2.31. The van der Waals surface area contributed by atoms with Crippen LogP contribution in [-0.2, 0) is 23.4 Å². The maximum absolute atomic E-state index is 14.6. The molecule has 3 aromatic rings. The molecular formula is C19H19ClF2N4O3S. The molecule has 3 rings (SSSR count). The normalized spacial score (nSPS) is 14.3. The van der Waals surface area contributed by atoms with Gasteiger partial charge in [0.25, 0.3) is 0 Å². The highest BCUT2D eigenvalue weighted by Gasteiger charge is 2.39. The molecule has 0 radical (unpaired) electrons. The Kier molecular flexibility index (Phi) is 6.81. The molecule has 0 saturated carbocycles. The molecule has 0 aliphatic rings. The number of aromatic nitrogens is 3. The van der Waals surface area contributed by atoms with Crippen LogP contribution in [0.5, 0.6) is 0 Å². The van der Waals surface area contributed by atoms with Gasteiger partial charge in [0.05, 0.1) is 18.0 Å². The van der Waals surface area contributed by atoms with Gasteiger partial charge in [-0.1, -0.05) is 17.7 Å². The number of halogens is 3. The van der Waals surface area contributed by atoms with Crippen molar-refractivity contribution in [1.82, 2.24) is 20.1 Å². The molecule has 0 amide bonds. The second-order valence-corrected chi connectivity index (χ2v) is 8.32. The zero-order chi connectivity index (χ0) is 21.9. The Bertz CT molecular complexity index is 1030. The number of esters is 1. The third-order valence-electron chi connectivity index (χ3n) is 4.73. The van der Waals surface area contributed by atoms with Gasteiger partial charge in [0.2, 0.25) is 0 Å². The third kappa shape index (κ3) is 4.67. The minimum Gasteiger partial charge on any atom is -0.465 e. The Hall–Kier alpha value is -2.40. The van der Waals surface area contributed by atoms with Crippen LogP contribution in [0.4, 0.5) is 8.78 Å². The summed E-state index contributed by atoms with van der Waals surface area (Å²) in [4.78, 5) is 16.1. The summed E-state index contributed by atoms with van der Waals surface area (Å²) in [5.74, 6) is -2.17. The van der Waals surface area contributed by atoms with Gasteiger partial charge in [-0.05, 0) is 24.6 Å². The standard InChI is InChI=1S/C19H19ClF2N4O3S/c1-11(24-7-12-5-16(20)30-17(12)18(27)29-2)19(28,8-26-10-23-9-25-26)14-4-3-13(21)6-15(14)22/h3-6,9-11,24,28H,7-8H2,1-2H3/t11-,19-/m1/s1. The number of nitrogens with zero attached hydrogens (tertiary/aromatic N) is 3. The van der Waals surface area contributed by atoms with E-state index in [1.807, 2.05) is 0 Å². The highest BCUT2D eigenvalue weighted by molar-refractivity contribution is 7.18. The van der Waals surface area contributed by atoms with Gasteiger partial charge in [0.15, 0.2) is 0 Å². The van der Waals surface area contributed by atoms with Crippen LogP contribution in [0.25, 0.3) is 0 Å². The Morgan fingerprint density at radius 3 is 2.83 bits per heavy atom. The van der Waals surface area contributed by atoms with E-state index in [4.69, 9.17) is 16.3 Å². The van der Waals surface area contributed by atoms with Crippen molar-refractivity contribution in [2.45, 2.75) is 31.7 Å². The summed E-state index contributed by atoms with van der Waals surface area (Å²) in [7, 11) is 1.27. The molecular weight excluding hydrogens is 438 g/mol. The lowest BCUT2D eigenvalue weighted by Gasteiger charge is -2.35.